The van der Waals surface area contributed by atoms with Gasteiger partial charge >= 0.3 is 0 Å². The first kappa shape index (κ1) is 10.8. The smallest absolute Gasteiger partial charge is 0.260 e. The van der Waals surface area contributed by atoms with Crippen LogP contribution in [0.15, 0.2) is 11.6 Å². The molecule has 0 unspecified atom stereocenters. The summed E-state index contributed by atoms with van der Waals surface area (Å²) in [7, 11) is 1.81. The number of anilines is 1. The molecule has 0 aromatic carbocycles. The molecule has 1 amide bonds. The molecule has 6 heteroatoms. The molecule has 2 aromatic rings. The van der Waals surface area contributed by atoms with Gasteiger partial charge in [-0.2, -0.15) is 5.10 Å². The summed E-state index contributed by atoms with van der Waals surface area (Å²) < 4.78 is 1.67. The van der Waals surface area contributed by atoms with Gasteiger partial charge in [0.1, 0.15) is 0 Å². The molecule has 84 valence electrons. The number of aromatic nitrogens is 3. The molecule has 0 aliphatic carbocycles. The molecule has 0 aliphatic heterocycles. The molecule has 16 heavy (non-hydrogen) atoms. The quantitative estimate of drug-likeness (QED) is 0.864. The summed E-state index contributed by atoms with van der Waals surface area (Å²) in [5, 5.41) is 9.28. The van der Waals surface area contributed by atoms with Crippen LogP contribution in [0.4, 0.5) is 5.13 Å². The van der Waals surface area contributed by atoms with Gasteiger partial charge in [0.25, 0.3) is 5.91 Å². The normalized spacial score (nSPS) is 10.4. The maximum atomic E-state index is 11.9. The SMILES string of the molecule is Cc1csc(NC(=O)c2cnn(C)c2C)n1. The second-order valence-corrected chi connectivity index (χ2v) is 4.37. The molecule has 2 heterocycles. The maximum absolute atomic E-state index is 11.9. The number of nitrogens with one attached hydrogen (secondary N) is 1. The van der Waals surface area contributed by atoms with Gasteiger partial charge < -0.3 is 0 Å². The van der Waals surface area contributed by atoms with Crippen LogP contribution in [0.1, 0.15) is 21.7 Å². The molecule has 0 atom stereocenters. The lowest BCUT2D eigenvalue weighted by molar-refractivity contribution is 0.102. The number of amides is 1. The van der Waals surface area contributed by atoms with E-state index in [9.17, 15) is 4.79 Å². The first-order chi connectivity index (χ1) is 7.58. The summed E-state index contributed by atoms with van der Waals surface area (Å²) in [4.78, 5) is 16.0. The van der Waals surface area contributed by atoms with Gasteiger partial charge in [0.2, 0.25) is 0 Å². The molecule has 1 N–H and O–H groups in total. The monoisotopic (exact) mass is 236 g/mol. The minimum atomic E-state index is -0.167. The summed E-state index contributed by atoms with van der Waals surface area (Å²) in [6.45, 7) is 3.75. The Morgan fingerprint density at radius 1 is 1.50 bits per heavy atom. The molecular formula is C10H12N4OS. The third kappa shape index (κ3) is 1.96. The Hall–Kier alpha value is -1.69. The lowest BCUT2D eigenvalue weighted by atomic mass is 10.2. The first-order valence-corrected chi connectivity index (χ1v) is 5.68. The van der Waals surface area contributed by atoms with Gasteiger partial charge in [-0.25, -0.2) is 4.98 Å². The van der Waals surface area contributed by atoms with Crippen molar-refractivity contribution >= 4 is 22.4 Å². The number of hydrogen-bond donors (Lipinski definition) is 1. The van der Waals surface area contributed by atoms with Gasteiger partial charge in [0, 0.05) is 18.1 Å². The molecule has 2 rings (SSSR count). The van der Waals surface area contributed by atoms with Crippen molar-refractivity contribution in [3.05, 3.63) is 28.5 Å². The Labute approximate surface area is 97.1 Å². The van der Waals surface area contributed by atoms with Gasteiger partial charge in [-0.05, 0) is 13.8 Å². The number of nitrogens with zero attached hydrogens (tertiary/aromatic N) is 3. The Kier molecular flexibility index (Phi) is 2.74. The molecule has 0 saturated heterocycles. The summed E-state index contributed by atoms with van der Waals surface area (Å²) in [6, 6.07) is 0. The highest BCUT2D eigenvalue weighted by molar-refractivity contribution is 7.13. The van der Waals surface area contributed by atoms with E-state index in [2.05, 4.69) is 15.4 Å². The third-order valence-corrected chi connectivity index (χ3v) is 3.19. The lowest BCUT2D eigenvalue weighted by Gasteiger charge is -2.00. The zero-order valence-corrected chi connectivity index (χ0v) is 10.1. The zero-order chi connectivity index (χ0) is 11.7. The fourth-order valence-electron chi connectivity index (χ4n) is 1.30. The van der Waals surface area contributed by atoms with Crippen LogP contribution >= 0.6 is 11.3 Å². The maximum Gasteiger partial charge on any atom is 0.260 e. The van der Waals surface area contributed by atoms with Crippen LogP contribution in [0.25, 0.3) is 0 Å². The number of rotatable bonds is 2. The minimum Gasteiger partial charge on any atom is -0.298 e. The average Bonchev–Trinajstić information content (AvgIpc) is 2.76. The Balaban J connectivity index is 2.18. The number of thiazole rings is 1. The van der Waals surface area contributed by atoms with Crippen LogP contribution in [-0.4, -0.2) is 20.7 Å². The molecule has 0 saturated carbocycles. The second-order valence-electron chi connectivity index (χ2n) is 3.52. The predicted octanol–water partition coefficient (Wildman–Crippen LogP) is 1.75. The number of carbonyl (C=O) groups excluding carboxylic acids is 1. The second kappa shape index (κ2) is 4.05. The van der Waals surface area contributed by atoms with Gasteiger partial charge in [-0.15, -0.1) is 11.3 Å². The highest BCUT2D eigenvalue weighted by Crippen LogP contribution is 2.16. The average molecular weight is 236 g/mol. The van der Waals surface area contributed by atoms with Crippen LogP contribution in [-0.2, 0) is 7.05 Å². The lowest BCUT2D eigenvalue weighted by Crippen LogP contribution is -2.12. The molecule has 2 aromatic heterocycles. The van der Waals surface area contributed by atoms with Gasteiger partial charge in [-0.3, -0.25) is 14.8 Å². The molecule has 0 aliphatic rings. The minimum absolute atomic E-state index is 0.167. The van der Waals surface area contributed by atoms with E-state index < -0.39 is 0 Å². The standard InChI is InChI=1S/C10H12N4OS/c1-6-5-16-10(12-6)13-9(15)8-4-11-14(3)7(8)2/h4-5H,1-3H3,(H,12,13,15). The van der Waals surface area contributed by atoms with E-state index in [-0.39, 0.29) is 5.91 Å². The van der Waals surface area contributed by atoms with E-state index in [1.165, 1.54) is 11.3 Å². The summed E-state index contributed by atoms with van der Waals surface area (Å²) >= 11 is 1.41. The topological polar surface area (TPSA) is 59.8 Å². The van der Waals surface area contributed by atoms with Crippen molar-refractivity contribution in [3.8, 4) is 0 Å². The van der Waals surface area contributed by atoms with Gasteiger partial charge in [0.15, 0.2) is 5.13 Å². The van der Waals surface area contributed by atoms with Gasteiger partial charge in [-0.1, -0.05) is 0 Å². The molecule has 0 bridgehead atoms. The van der Waals surface area contributed by atoms with E-state index in [0.717, 1.165) is 11.4 Å². The van der Waals surface area contributed by atoms with E-state index in [1.54, 1.807) is 17.9 Å². The zero-order valence-electron chi connectivity index (χ0n) is 9.31. The fourth-order valence-corrected chi connectivity index (χ4v) is 1.98. The molecular weight excluding hydrogens is 224 g/mol. The van der Waals surface area contributed by atoms with Crippen molar-refractivity contribution in [1.82, 2.24) is 14.8 Å². The van der Waals surface area contributed by atoms with Crippen LogP contribution in [0, 0.1) is 13.8 Å². The van der Waals surface area contributed by atoms with Crippen LogP contribution in [0.3, 0.4) is 0 Å². The third-order valence-electron chi connectivity index (χ3n) is 2.32. The van der Waals surface area contributed by atoms with Crippen molar-refractivity contribution in [1.29, 1.82) is 0 Å². The van der Waals surface area contributed by atoms with Crippen LogP contribution in [0.5, 0.6) is 0 Å². The predicted molar refractivity (Wildman–Crippen MR) is 62.7 cm³/mol. The van der Waals surface area contributed by atoms with E-state index in [0.29, 0.717) is 10.7 Å². The Morgan fingerprint density at radius 2 is 2.25 bits per heavy atom. The fraction of sp³-hybridized carbons (Fsp3) is 0.300. The molecule has 0 spiro atoms. The van der Waals surface area contributed by atoms with Crippen molar-refractivity contribution in [2.75, 3.05) is 5.32 Å². The molecule has 5 nitrogen and oxygen atoms in total. The highest BCUT2D eigenvalue weighted by Gasteiger charge is 2.13. The van der Waals surface area contributed by atoms with Crippen molar-refractivity contribution in [3.63, 3.8) is 0 Å². The van der Waals surface area contributed by atoms with Crippen LogP contribution < -0.4 is 5.32 Å². The van der Waals surface area contributed by atoms with E-state index in [1.807, 2.05) is 19.2 Å². The van der Waals surface area contributed by atoms with Crippen LogP contribution in [0.2, 0.25) is 0 Å². The molecule has 0 fully saturated rings. The summed E-state index contributed by atoms with van der Waals surface area (Å²) in [5.74, 6) is -0.167. The first-order valence-electron chi connectivity index (χ1n) is 4.80. The Morgan fingerprint density at radius 3 is 2.75 bits per heavy atom. The number of carbonyl (C=O) groups is 1. The highest BCUT2D eigenvalue weighted by atomic mass is 32.1. The van der Waals surface area contributed by atoms with Crippen molar-refractivity contribution < 1.29 is 4.79 Å². The van der Waals surface area contributed by atoms with Crippen molar-refractivity contribution in [2.45, 2.75) is 13.8 Å². The summed E-state index contributed by atoms with van der Waals surface area (Å²) in [6.07, 6.45) is 1.56. The largest absolute Gasteiger partial charge is 0.298 e. The van der Waals surface area contributed by atoms with E-state index >= 15 is 0 Å². The number of aryl methyl sites for hydroxylation is 2. The van der Waals surface area contributed by atoms with Crippen molar-refractivity contribution in [2.24, 2.45) is 7.05 Å². The summed E-state index contributed by atoms with van der Waals surface area (Å²) in [5.41, 5.74) is 2.32. The number of hydrogen-bond acceptors (Lipinski definition) is 4. The van der Waals surface area contributed by atoms with E-state index in [4.69, 9.17) is 0 Å². The molecule has 0 radical (unpaired) electrons. The Bertz CT molecular complexity index is 529. The van der Waals surface area contributed by atoms with Gasteiger partial charge in [0.05, 0.1) is 17.5 Å².